The zero-order chi connectivity index (χ0) is 9.97. The van der Waals surface area contributed by atoms with Crippen LogP contribution < -0.4 is 5.32 Å². The van der Waals surface area contributed by atoms with Crippen LogP contribution in [0.1, 0.15) is 43.9 Å². The van der Waals surface area contributed by atoms with E-state index in [9.17, 15) is 0 Å². The topological polar surface area (TPSA) is 42.7 Å². The van der Waals surface area contributed by atoms with E-state index in [4.69, 9.17) is 0 Å². The molecule has 0 bridgehead atoms. The number of nitrogens with one attached hydrogen (secondary N) is 1. The van der Waals surface area contributed by atoms with Crippen molar-refractivity contribution in [3.8, 4) is 0 Å². The number of rotatable bonds is 3. The lowest BCUT2D eigenvalue weighted by molar-refractivity contribution is 0.536. The molecule has 0 unspecified atom stereocenters. The average Bonchev–Trinajstić information content (AvgIpc) is 2.77. The van der Waals surface area contributed by atoms with Gasteiger partial charge in [0.1, 0.15) is 11.6 Å². The maximum Gasteiger partial charge on any atom is 0.150 e. The monoisotopic (exact) mass is 194 g/mol. The number of aryl methyl sites for hydroxylation is 1. The molecule has 1 atom stereocenters. The Balaban J connectivity index is 2.22. The highest BCUT2D eigenvalue weighted by Crippen LogP contribution is 2.21. The SMILES string of the molecule is CCCn1c(C)nnc1[C@H]1CCCN1. The average molecular weight is 194 g/mol. The summed E-state index contributed by atoms with van der Waals surface area (Å²) >= 11 is 0. The lowest BCUT2D eigenvalue weighted by Gasteiger charge is -2.12. The Hall–Kier alpha value is -0.900. The number of nitrogens with zero attached hydrogens (tertiary/aromatic N) is 3. The molecule has 78 valence electrons. The number of hydrogen-bond donors (Lipinski definition) is 1. The van der Waals surface area contributed by atoms with Crippen molar-refractivity contribution in [3.05, 3.63) is 11.6 Å². The van der Waals surface area contributed by atoms with Gasteiger partial charge in [0.15, 0.2) is 0 Å². The van der Waals surface area contributed by atoms with Crippen molar-refractivity contribution in [2.45, 2.75) is 45.7 Å². The van der Waals surface area contributed by atoms with Crippen molar-refractivity contribution in [1.82, 2.24) is 20.1 Å². The van der Waals surface area contributed by atoms with E-state index in [2.05, 4.69) is 27.0 Å². The molecule has 1 aromatic heterocycles. The molecular formula is C10H18N4. The van der Waals surface area contributed by atoms with Gasteiger partial charge in [-0.2, -0.15) is 0 Å². The predicted octanol–water partition coefficient (Wildman–Crippen LogP) is 1.42. The number of aromatic nitrogens is 3. The standard InChI is InChI=1S/C10H18N4/c1-3-7-14-8(2)12-13-10(14)9-5-4-6-11-9/h9,11H,3-7H2,1-2H3/t9-/m1/s1. The van der Waals surface area contributed by atoms with E-state index in [0.717, 1.165) is 31.2 Å². The maximum atomic E-state index is 4.27. The Morgan fingerprint density at radius 2 is 2.36 bits per heavy atom. The third-order valence-corrected chi connectivity index (χ3v) is 2.78. The summed E-state index contributed by atoms with van der Waals surface area (Å²) in [5, 5.41) is 11.9. The summed E-state index contributed by atoms with van der Waals surface area (Å²) < 4.78 is 2.24. The van der Waals surface area contributed by atoms with Crippen molar-refractivity contribution in [1.29, 1.82) is 0 Å². The molecule has 0 radical (unpaired) electrons. The van der Waals surface area contributed by atoms with Crippen molar-refractivity contribution >= 4 is 0 Å². The second-order valence-corrected chi connectivity index (χ2v) is 3.91. The molecule has 2 rings (SSSR count). The fourth-order valence-corrected chi connectivity index (χ4v) is 2.06. The first-order valence-electron chi connectivity index (χ1n) is 5.46. The highest BCUT2D eigenvalue weighted by molar-refractivity contribution is 5.02. The van der Waals surface area contributed by atoms with Crippen LogP contribution in [-0.4, -0.2) is 21.3 Å². The second-order valence-electron chi connectivity index (χ2n) is 3.91. The molecule has 4 heteroatoms. The Morgan fingerprint density at radius 3 is 3.00 bits per heavy atom. The fraction of sp³-hybridized carbons (Fsp3) is 0.800. The van der Waals surface area contributed by atoms with E-state index in [1.54, 1.807) is 0 Å². The normalized spacial score (nSPS) is 21.7. The summed E-state index contributed by atoms with van der Waals surface area (Å²) in [5.41, 5.74) is 0. The third-order valence-electron chi connectivity index (χ3n) is 2.78. The Kier molecular flexibility index (Phi) is 2.82. The van der Waals surface area contributed by atoms with Crippen molar-refractivity contribution in [2.75, 3.05) is 6.54 Å². The van der Waals surface area contributed by atoms with Gasteiger partial charge in [0.05, 0.1) is 6.04 Å². The van der Waals surface area contributed by atoms with Crippen LogP contribution in [0.3, 0.4) is 0 Å². The minimum Gasteiger partial charge on any atom is -0.314 e. The van der Waals surface area contributed by atoms with Crippen molar-refractivity contribution < 1.29 is 0 Å². The van der Waals surface area contributed by atoms with Crippen LogP contribution in [0.5, 0.6) is 0 Å². The van der Waals surface area contributed by atoms with Crippen LogP contribution in [0.15, 0.2) is 0 Å². The summed E-state index contributed by atoms with van der Waals surface area (Å²) in [6.07, 6.45) is 3.59. The quantitative estimate of drug-likeness (QED) is 0.791. The summed E-state index contributed by atoms with van der Waals surface area (Å²) in [4.78, 5) is 0. The van der Waals surface area contributed by atoms with Gasteiger partial charge in [0, 0.05) is 6.54 Å². The minimum atomic E-state index is 0.433. The van der Waals surface area contributed by atoms with Gasteiger partial charge in [-0.1, -0.05) is 6.92 Å². The first-order valence-corrected chi connectivity index (χ1v) is 5.46. The van der Waals surface area contributed by atoms with E-state index in [1.807, 2.05) is 6.92 Å². The molecule has 0 aliphatic carbocycles. The van der Waals surface area contributed by atoms with E-state index in [1.165, 1.54) is 12.8 Å². The Morgan fingerprint density at radius 1 is 1.50 bits per heavy atom. The molecule has 1 aliphatic rings. The summed E-state index contributed by atoms with van der Waals surface area (Å²) in [7, 11) is 0. The van der Waals surface area contributed by atoms with E-state index < -0.39 is 0 Å². The van der Waals surface area contributed by atoms with Crippen molar-refractivity contribution in [2.24, 2.45) is 0 Å². The van der Waals surface area contributed by atoms with Crippen molar-refractivity contribution in [3.63, 3.8) is 0 Å². The van der Waals surface area contributed by atoms with Gasteiger partial charge in [0.2, 0.25) is 0 Å². The number of hydrogen-bond acceptors (Lipinski definition) is 3. The first kappa shape index (κ1) is 9.65. The summed E-state index contributed by atoms with van der Waals surface area (Å²) in [6.45, 7) is 6.36. The fourth-order valence-electron chi connectivity index (χ4n) is 2.06. The van der Waals surface area contributed by atoms with Gasteiger partial charge in [-0.05, 0) is 32.7 Å². The van der Waals surface area contributed by atoms with Gasteiger partial charge in [-0.15, -0.1) is 10.2 Å². The molecule has 0 aromatic carbocycles. The maximum absolute atomic E-state index is 4.27. The molecule has 1 aliphatic heterocycles. The molecule has 0 spiro atoms. The second kappa shape index (κ2) is 4.09. The van der Waals surface area contributed by atoms with Gasteiger partial charge in [-0.25, -0.2) is 0 Å². The van der Waals surface area contributed by atoms with Gasteiger partial charge >= 0.3 is 0 Å². The zero-order valence-corrected chi connectivity index (χ0v) is 8.95. The van der Waals surface area contributed by atoms with Crippen LogP contribution in [0.4, 0.5) is 0 Å². The van der Waals surface area contributed by atoms with Gasteiger partial charge < -0.3 is 9.88 Å². The molecule has 1 saturated heterocycles. The molecule has 1 N–H and O–H groups in total. The molecular weight excluding hydrogens is 176 g/mol. The summed E-state index contributed by atoms with van der Waals surface area (Å²) in [6, 6.07) is 0.433. The highest BCUT2D eigenvalue weighted by atomic mass is 15.3. The third kappa shape index (κ3) is 1.66. The Labute approximate surface area is 84.7 Å². The highest BCUT2D eigenvalue weighted by Gasteiger charge is 2.22. The first-order chi connectivity index (χ1) is 6.83. The van der Waals surface area contributed by atoms with E-state index in [0.29, 0.717) is 6.04 Å². The summed E-state index contributed by atoms with van der Waals surface area (Å²) in [5.74, 6) is 2.16. The van der Waals surface area contributed by atoms with Crippen LogP contribution in [0.2, 0.25) is 0 Å². The molecule has 2 heterocycles. The van der Waals surface area contributed by atoms with E-state index in [-0.39, 0.29) is 0 Å². The van der Waals surface area contributed by atoms with Gasteiger partial charge in [0.25, 0.3) is 0 Å². The predicted molar refractivity (Wildman–Crippen MR) is 55.0 cm³/mol. The molecule has 4 nitrogen and oxygen atoms in total. The molecule has 1 aromatic rings. The van der Waals surface area contributed by atoms with Crippen LogP contribution in [0.25, 0.3) is 0 Å². The smallest absolute Gasteiger partial charge is 0.150 e. The lowest BCUT2D eigenvalue weighted by Crippen LogP contribution is -2.18. The van der Waals surface area contributed by atoms with Crippen LogP contribution >= 0.6 is 0 Å². The lowest BCUT2D eigenvalue weighted by atomic mass is 10.2. The molecule has 1 fully saturated rings. The molecule has 14 heavy (non-hydrogen) atoms. The van der Waals surface area contributed by atoms with E-state index >= 15 is 0 Å². The van der Waals surface area contributed by atoms with Crippen LogP contribution in [0, 0.1) is 6.92 Å². The minimum absolute atomic E-state index is 0.433. The Bertz CT molecular complexity index is 299. The molecule has 0 amide bonds. The van der Waals surface area contributed by atoms with Crippen LogP contribution in [-0.2, 0) is 6.54 Å². The zero-order valence-electron chi connectivity index (χ0n) is 8.95. The van der Waals surface area contributed by atoms with Gasteiger partial charge in [-0.3, -0.25) is 0 Å². The molecule has 0 saturated carbocycles. The largest absolute Gasteiger partial charge is 0.314 e.